The fourth-order valence-corrected chi connectivity index (χ4v) is 6.45. The molecule has 5 heteroatoms. The maximum atomic E-state index is 6.82. The van der Waals surface area contributed by atoms with Gasteiger partial charge in [0.15, 0.2) is 17.5 Å². The van der Waals surface area contributed by atoms with E-state index in [4.69, 9.17) is 19.4 Å². The number of para-hydroxylation sites is 2. The molecule has 0 spiro atoms. The van der Waals surface area contributed by atoms with Crippen molar-refractivity contribution >= 4 is 49.8 Å². The molecule has 0 saturated carbocycles. The Bertz CT molecular complexity index is 2450. The molecule has 48 heavy (non-hydrogen) atoms. The van der Waals surface area contributed by atoms with Crippen LogP contribution in [0.3, 0.4) is 0 Å². The van der Waals surface area contributed by atoms with Gasteiger partial charge >= 0.3 is 0 Å². The molecule has 0 aliphatic carbocycles. The summed E-state index contributed by atoms with van der Waals surface area (Å²) in [7, 11) is 0. The van der Waals surface area contributed by atoms with Crippen LogP contribution in [0, 0.1) is 0 Å². The van der Waals surface area contributed by atoms with Crippen molar-refractivity contribution in [2.24, 2.45) is 0 Å². The Kier molecular flexibility index (Phi) is 6.72. The monoisotopic (exact) mass is 616 g/mol. The molecule has 0 fully saturated rings. The molecule has 0 amide bonds. The second-order valence-electron chi connectivity index (χ2n) is 11.7. The topological polar surface area (TPSA) is 55.1 Å². The van der Waals surface area contributed by atoms with E-state index in [-0.39, 0.29) is 0 Å². The number of furan rings is 1. The van der Waals surface area contributed by atoms with Gasteiger partial charge in [-0.25, -0.2) is 15.0 Å². The number of hydrogen-bond acceptors (Lipinski definition) is 5. The molecule has 2 heterocycles. The van der Waals surface area contributed by atoms with Crippen LogP contribution >= 0.6 is 0 Å². The van der Waals surface area contributed by atoms with Crippen LogP contribution in [0.25, 0.3) is 66.9 Å². The van der Waals surface area contributed by atoms with Gasteiger partial charge in [0.05, 0.1) is 0 Å². The maximum Gasteiger partial charge on any atom is 0.164 e. The SMILES string of the molecule is c1ccc(-c2nc(-c3ccccc3)nc(-c3cc4ccccc4c4oc5cc(N(c6ccccc6)c6ccccc6)ccc5c34)n2)cc1. The molecule has 0 N–H and O–H groups in total. The van der Waals surface area contributed by atoms with Crippen LogP contribution in [0.15, 0.2) is 174 Å². The lowest BCUT2D eigenvalue weighted by Gasteiger charge is -2.25. The molecule has 9 aromatic rings. The molecule has 9 rings (SSSR count). The highest BCUT2D eigenvalue weighted by atomic mass is 16.3. The lowest BCUT2D eigenvalue weighted by molar-refractivity contribution is 0.673. The van der Waals surface area contributed by atoms with Gasteiger partial charge in [0.2, 0.25) is 0 Å². The van der Waals surface area contributed by atoms with Gasteiger partial charge in [-0.3, -0.25) is 0 Å². The van der Waals surface area contributed by atoms with E-state index in [9.17, 15) is 0 Å². The average Bonchev–Trinajstić information content (AvgIpc) is 3.55. The quantitative estimate of drug-likeness (QED) is 0.186. The molecule has 0 atom stereocenters. The summed E-state index contributed by atoms with van der Waals surface area (Å²) < 4.78 is 6.82. The largest absolute Gasteiger partial charge is 0.455 e. The van der Waals surface area contributed by atoms with Crippen molar-refractivity contribution in [1.29, 1.82) is 0 Å². The lowest BCUT2D eigenvalue weighted by Crippen LogP contribution is -2.09. The Hall–Kier alpha value is -6.59. The van der Waals surface area contributed by atoms with Crippen molar-refractivity contribution in [3.05, 3.63) is 170 Å². The Morgan fingerprint density at radius 2 is 0.938 bits per heavy atom. The highest BCUT2D eigenvalue weighted by molar-refractivity contribution is 6.21. The fraction of sp³-hybridized carbons (Fsp3) is 0. The minimum absolute atomic E-state index is 0.598. The van der Waals surface area contributed by atoms with Crippen LogP contribution < -0.4 is 4.90 Å². The van der Waals surface area contributed by atoms with Gasteiger partial charge in [-0.15, -0.1) is 0 Å². The van der Waals surface area contributed by atoms with Crippen molar-refractivity contribution in [3.63, 3.8) is 0 Å². The van der Waals surface area contributed by atoms with Crippen LogP contribution in [0.2, 0.25) is 0 Å². The van der Waals surface area contributed by atoms with Crippen molar-refractivity contribution in [2.75, 3.05) is 4.90 Å². The van der Waals surface area contributed by atoms with Gasteiger partial charge in [-0.2, -0.15) is 0 Å². The summed E-state index contributed by atoms with van der Waals surface area (Å²) in [5, 5.41) is 4.07. The average molecular weight is 617 g/mol. The van der Waals surface area contributed by atoms with Gasteiger partial charge in [0.1, 0.15) is 11.2 Å². The summed E-state index contributed by atoms with van der Waals surface area (Å²) in [6.45, 7) is 0. The molecule has 0 unspecified atom stereocenters. The first-order valence-corrected chi connectivity index (χ1v) is 16.0. The molecule has 2 aromatic heterocycles. The number of rotatable bonds is 6. The van der Waals surface area contributed by atoms with E-state index >= 15 is 0 Å². The van der Waals surface area contributed by atoms with Gasteiger partial charge in [-0.05, 0) is 47.9 Å². The molecular formula is C43H28N4O. The van der Waals surface area contributed by atoms with E-state index in [0.29, 0.717) is 17.5 Å². The summed E-state index contributed by atoms with van der Waals surface area (Å²) in [6, 6.07) is 57.9. The molecule has 0 aliphatic heterocycles. The third-order valence-corrected chi connectivity index (χ3v) is 8.68. The van der Waals surface area contributed by atoms with Gasteiger partial charge in [0, 0.05) is 56.0 Å². The zero-order valence-corrected chi connectivity index (χ0v) is 25.9. The molecule has 5 nitrogen and oxygen atoms in total. The summed E-state index contributed by atoms with van der Waals surface area (Å²) >= 11 is 0. The minimum Gasteiger partial charge on any atom is -0.455 e. The first-order valence-electron chi connectivity index (χ1n) is 16.0. The number of benzene rings is 7. The normalized spacial score (nSPS) is 11.3. The third-order valence-electron chi connectivity index (χ3n) is 8.68. The van der Waals surface area contributed by atoms with E-state index < -0.39 is 0 Å². The minimum atomic E-state index is 0.598. The van der Waals surface area contributed by atoms with Gasteiger partial charge < -0.3 is 9.32 Å². The Labute approximate surface area is 277 Å². The standard InChI is InChI=1S/C43H28N4O/c1-5-15-29(16-6-1)41-44-42(30-17-7-2-8-18-30)46-43(45-41)37-27-31-19-13-14-24-35(31)40-39(37)36-26-25-34(28-38(36)48-40)47(32-20-9-3-10-21-32)33-22-11-4-12-23-33/h1-28H. The van der Waals surface area contributed by atoms with E-state index in [1.165, 1.54) is 0 Å². The molecule has 226 valence electrons. The van der Waals surface area contributed by atoms with Crippen molar-refractivity contribution in [1.82, 2.24) is 15.0 Å². The number of nitrogens with zero attached hydrogens (tertiary/aromatic N) is 4. The second kappa shape index (κ2) is 11.6. The summed E-state index contributed by atoms with van der Waals surface area (Å²) in [6.07, 6.45) is 0. The zero-order chi connectivity index (χ0) is 31.9. The van der Waals surface area contributed by atoms with Crippen LogP contribution in [0.1, 0.15) is 0 Å². The first-order chi connectivity index (χ1) is 23.8. The lowest BCUT2D eigenvalue weighted by atomic mass is 9.99. The predicted octanol–water partition coefficient (Wildman–Crippen LogP) is 11.4. The Balaban J connectivity index is 1.31. The van der Waals surface area contributed by atoms with E-state index in [1.807, 2.05) is 72.8 Å². The summed E-state index contributed by atoms with van der Waals surface area (Å²) in [5.41, 5.74) is 7.49. The van der Waals surface area contributed by atoms with Crippen LogP contribution in [0.5, 0.6) is 0 Å². The molecule has 0 radical (unpaired) electrons. The molecular weight excluding hydrogens is 589 g/mol. The highest BCUT2D eigenvalue weighted by Gasteiger charge is 2.21. The van der Waals surface area contributed by atoms with Crippen molar-refractivity contribution < 1.29 is 4.42 Å². The predicted molar refractivity (Wildman–Crippen MR) is 196 cm³/mol. The third kappa shape index (κ3) is 4.86. The van der Waals surface area contributed by atoms with Gasteiger partial charge in [0.25, 0.3) is 0 Å². The van der Waals surface area contributed by atoms with Crippen molar-refractivity contribution in [3.8, 4) is 34.2 Å². The smallest absolute Gasteiger partial charge is 0.164 e. The highest BCUT2D eigenvalue weighted by Crippen LogP contribution is 2.43. The number of fused-ring (bicyclic) bond motifs is 5. The number of hydrogen-bond donors (Lipinski definition) is 0. The number of aromatic nitrogens is 3. The van der Waals surface area contributed by atoms with Crippen LogP contribution in [-0.4, -0.2) is 15.0 Å². The molecule has 0 aliphatic rings. The van der Waals surface area contributed by atoms with Crippen LogP contribution in [-0.2, 0) is 0 Å². The van der Waals surface area contributed by atoms with E-state index in [2.05, 4.69) is 102 Å². The fourth-order valence-electron chi connectivity index (χ4n) is 6.45. The summed E-state index contributed by atoms with van der Waals surface area (Å²) in [4.78, 5) is 17.4. The first kappa shape index (κ1) is 27.7. The zero-order valence-electron chi connectivity index (χ0n) is 25.9. The maximum absolute atomic E-state index is 6.82. The van der Waals surface area contributed by atoms with E-state index in [0.717, 1.165) is 66.5 Å². The Morgan fingerprint density at radius 3 is 1.54 bits per heavy atom. The van der Waals surface area contributed by atoms with E-state index in [1.54, 1.807) is 0 Å². The second-order valence-corrected chi connectivity index (χ2v) is 11.7. The van der Waals surface area contributed by atoms with Crippen LogP contribution in [0.4, 0.5) is 17.1 Å². The molecule has 0 saturated heterocycles. The molecule has 7 aromatic carbocycles. The molecule has 0 bridgehead atoms. The Morgan fingerprint density at radius 1 is 0.417 bits per heavy atom. The van der Waals surface area contributed by atoms with Crippen molar-refractivity contribution in [2.45, 2.75) is 0 Å². The number of anilines is 3. The van der Waals surface area contributed by atoms with Gasteiger partial charge in [-0.1, -0.05) is 121 Å². The summed E-state index contributed by atoms with van der Waals surface area (Å²) in [5.74, 6) is 1.84.